The molecule has 0 bridgehead atoms. The first-order valence-corrected chi connectivity index (χ1v) is 4.09. The lowest BCUT2D eigenvalue weighted by molar-refractivity contribution is -0.109. The van der Waals surface area contributed by atoms with Crippen LogP contribution in [0.25, 0.3) is 0 Å². The van der Waals surface area contributed by atoms with Crippen molar-refractivity contribution in [2.45, 2.75) is 0 Å². The van der Waals surface area contributed by atoms with Crippen LogP contribution in [0.4, 0.5) is 0 Å². The summed E-state index contributed by atoms with van der Waals surface area (Å²) in [4.78, 5) is 10.6. The van der Waals surface area contributed by atoms with Gasteiger partial charge in [-0.25, -0.2) is 0 Å². The van der Waals surface area contributed by atoms with E-state index in [4.69, 9.17) is 16.9 Å². The van der Waals surface area contributed by atoms with Crippen LogP contribution in [0, 0.1) is 5.41 Å². The van der Waals surface area contributed by atoms with Crippen molar-refractivity contribution >= 4 is 22.8 Å². The van der Waals surface area contributed by atoms with Gasteiger partial charge < -0.3 is 16.8 Å². The molecule has 0 radical (unpaired) electrons. The molecule has 0 aromatic carbocycles. The van der Waals surface area contributed by atoms with Crippen LogP contribution in [0.2, 0.25) is 0 Å². The molecule has 0 aliphatic rings. The van der Waals surface area contributed by atoms with Gasteiger partial charge in [0.15, 0.2) is 5.96 Å². The fourth-order valence-corrected chi connectivity index (χ4v) is 0.959. The normalized spacial score (nSPS) is 9.18. The number of rotatable bonds is 4. The minimum atomic E-state index is -0.0780. The van der Waals surface area contributed by atoms with Crippen LogP contribution >= 0.6 is 11.8 Å². The molecule has 0 aromatic heterocycles. The van der Waals surface area contributed by atoms with Gasteiger partial charge in [-0.05, 0) is 0 Å². The number of hydrogen-bond acceptors (Lipinski definition) is 4. The van der Waals surface area contributed by atoms with Gasteiger partial charge in [-0.1, -0.05) is 11.8 Å². The van der Waals surface area contributed by atoms with Gasteiger partial charge in [-0.3, -0.25) is 10.2 Å². The molecule has 0 fully saturated rings. The number of nitrogens with two attached hydrogens (primary N) is 2. The van der Waals surface area contributed by atoms with E-state index in [0.29, 0.717) is 12.3 Å². The molecule has 0 atom stereocenters. The molecule has 0 unspecified atom stereocenters. The molecule has 0 aliphatic carbocycles. The molecule has 6 N–H and O–H groups in total. The Labute approximate surface area is 69.4 Å². The summed E-state index contributed by atoms with van der Waals surface area (Å²) in [5.74, 6) is 0.515. The lowest BCUT2D eigenvalue weighted by atomic mass is 10.7. The lowest BCUT2D eigenvalue weighted by Crippen LogP contribution is -2.32. The van der Waals surface area contributed by atoms with Crippen molar-refractivity contribution in [1.29, 1.82) is 5.41 Å². The van der Waals surface area contributed by atoms with Crippen molar-refractivity contribution in [3.8, 4) is 0 Å². The van der Waals surface area contributed by atoms with Gasteiger partial charge in [0.2, 0.25) is 5.12 Å². The highest BCUT2D eigenvalue weighted by Gasteiger charge is 1.97. The van der Waals surface area contributed by atoms with Crippen LogP contribution in [0.5, 0.6) is 0 Å². The zero-order chi connectivity index (χ0) is 8.69. The Hall–Kier alpha value is -0.750. The quantitative estimate of drug-likeness (QED) is 0.242. The molecule has 0 heterocycles. The SMILES string of the molecule is N=C(N)NCCSC(=O)CN. The third-order valence-corrected chi connectivity index (χ3v) is 1.74. The van der Waals surface area contributed by atoms with Crippen LogP contribution in [-0.4, -0.2) is 29.9 Å². The Morgan fingerprint density at radius 2 is 2.27 bits per heavy atom. The largest absolute Gasteiger partial charge is 0.370 e. The molecule has 0 saturated heterocycles. The van der Waals surface area contributed by atoms with Crippen molar-refractivity contribution < 1.29 is 4.79 Å². The fraction of sp³-hybridized carbons (Fsp3) is 0.600. The van der Waals surface area contributed by atoms with Gasteiger partial charge in [-0.2, -0.15) is 0 Å². The number of thioether (sulfide) groups is 1. The first kappa shape index (κ1) is 10.2. The van der Waals surface area contributed by atoms with Crippen LogP contribution < -0.4 is 16.8 Å². The Kier molecular flexibility index (Phi) is 5.58. The molecule has 5 nitrogen and oxygen atoms in total. The summed E-state index contributed by atoms with van der Waals surface area (Å²) in [6.45, 7) is 0.580. The van der Waals surface area contributed by atoms with Crippen molar-refractivity contribution in [2.75, 3.05) is 18.8 Å². The average Bonchev–Trinajstić information content (AvgIpc) is 1.97. The standard InChI is InChI=1S/C5H12N4OS/c6-3-4(10)11-2-1-9-5(7)8/h1-3,6H2,(H4,7,8,9). The topological polar surface area (TPSA) is 105 Å². The summed E-state index contributed by atoms with van der Waals surface area (Å²) < 4.78 is 0. The number of carbonyl (C=O) groups is 1. The molecule has 6 heteroatoms. The van der Waals surface area contributed by atoms with Crippen LogP contribution in [0.1, 0.15) is 0 Å². The first-order valence-electron chi connectivity index (χ1n) is 3.10. The van der Waals surface area contributed by atoms with E-state index in [1.807, 2.05) is 0 Å². The van der Waals surface area contributed by atoms with Gasteiger partial charge in [-0.15, -0.1) is 0 Å². The van der Waals surface area contributed by atoms with E-state index in [9.17, 15) is 4.79 Å². The van der Waals surface area contributed by atoms with Crippen LogP contribution in [0.15, 0.2) is 0 Å². The van der Waals surface area contributed by atoms with Gasteiger partial charge in [0.25, 0.3) is 0 Å². The highest BCUT2D eigenvalue weighted by Crippen LogP contribution is 1.97. The highest BCUT2D eigenvalue weighted by molar-refractivity contribution is 8.13. The second-order valence-corrected chi connectivity index (χ2v) is 2.92. The van der Waals surface area contributed by atoms with E-state index in [-0.39, 0.29) is 17.6 Å². The predicted octanol–water partition coefficient (Wildman–Crippen LogP) is -1.31. The third-order valence-electron chi connectivity index (χ3n) is 0.847. The summed E-state index contributed by atoms with van der Waals surface area (Å²) in [7, 11) is 0. The van der Waals surface area contributed by atoms with Crippen LogP contribution in [0.3, 0.4) is 0 Å². The van der Waals surface area contributed by atoms with E-state index >= 15 is 0 Å². The van der Waals surface area contributed by atoms with Crippen molar-refractivity contribution in [1.82, 2.24) is 5.32 Å². The highest BCUT2D eigenvalue weighted by atomic mass is 32.2. The first-order chi connectivity index (χ1) is 5.16. The molecule has 0 rings (SSSR count). The minimum Gasteiger partial charge on any atom is -0.370 e. The zero-order valence-electron chi connectivity index (χ0n) is 6.09. The lowest BCUT2D eigenvalue weighted by Gasteiger charge is -2.00. The molecule has 11 heavy (non-hydrogen) atoms. The molecule has 0 aliphatic heterocycles. The molecule has 0 amide bonds. The van der Waals surface area contributed by atoms with Crippen LogP contribution in [-0.2, 0) is 4.79 Å². The molecule has 0 spiro atoms. The zero-order valence-corrected chi connectivity index (χ0v) is 6.91. The maximum atomic E-state index is 10.6. The predicted molar refractivity (Wildman–Crippen MR) is 46.4 cm³/mol. The van der Waals surface area contributed by atoms with Gasteiger partial charge in [0.05, 0.1) is 6.54 Å². The molecule has 64 valence electrons. The monoisotopic (exact) mass is 176 g/mol. The van der Waals surface area contributed by atoms with E-state index in [1.165, 1.54) is 0 Å². The maximum absolute atomic E-state index is 10.6. The van der Waals surface area contributed by atoms with Gasteiger partial charge in [0, 0.05) is 12.3 Å². The van der Waals surface area contributed by atoms with Gasteiger partial charge in [0.1, 0.15) is 0 Å². The van der Waals surface area contributed by atoms with E-state index in [1.54, 1.807) is 0 Å². The summed E-state index contributed by atoms with van der Waals surface area (Å²) in [6.07, 6.45) is 0. The summed E-state index contributed by atoms with van der Waals surface area (Å²) in [5.41, 5.74) is 10.1. The maximum Gasteiger partial charge on any atom is 0.202 e. The Morgan fingerprint density at radius 3 is 2.73 bits per heavy atom. The summed E-state index contributed by atoms with van der Waals surface area (Å²) in [6, 6.07) is 0. The second kappa shape index (κ2) is 5.99. The number of carbonyl (C=O) groups excluding carboxylic acids is 1. The Bertz CT molecular complexity index is 149. The molecule has 0 saturated carbocycles. The van der Waals surface area contributed by atoms with E-state index in [2.05, 4.69) is 5.32 Å². The Balaban J connectivity index is 3.14. The van der Waals surface area contributed by atoms with Crippen molar-refractivity contribution in [3.05, 3.63) is 0 Å². The summed E-state index contributed by atoms with van der Waals surface area (Å²) >= 11 is 1.14. The average molecular weight is 176 g/mol. The molecular formula is C5H12N4OS. The van der Waals surface area contributed by atoms with E-state index < -0.39 is 0 Å². The van der Waals surface area contributed by atoms with E-state index in [0.717, 1.165) is 11.8 Å². The van der Waals surface area contributed by atoms with Gasteiger partial charge >= 0.3 is 0 Å². The summed E-state index contributed by atoms with van der Waals surface area (Å²) in [5, 5.41) is 9.30. The number of guanidine groups is 1. The number of nitrogens with one attached hydrogen (secondary N) is 2. The fourth-order valence-electron chi connectivity index (χ4n) is 0.409. The Morgan fingerprint density at radius 1 is 1.64 bits per heavy atom. The second-order valence-electron chi connectivity index (χ2n) is 1.77. The van der Waals surface area contributed by atoms with Crippen molar-refractivity contribution in [2.24, 2.45) is 11.5 Å². The molecule has 0 aromatic rings. The number of hydrogen-bond donors (Lipinski definition) is 4. The smallest absolute Gasteiger partial charge is 0.202 e. The molecular weight excluding hydrogens is 164 g/mol. The minimum absolute atomic E-state index is 0.0460. The third kappa shape index (κ3) is 7.14. The van der Waals surface area contributed by atoms with Crippen molar-refractivity contribution in [3.63, 3.8) is 0 Å².